The van der Waals surface area contributed by atoms with Crippen LogP contribution in [0.5, 0.6) is 0 Å². The number of halogens is 4. The van der Waals surface area contributed by atoms with Crippen molar-refractivity contribution in [3.63, 3.8) is 0 Å². The van der Waals surface area contributed by atoms with Gasteiger partial charge in [0.15, 0.2) is 11.6 Å². The number of carboxylic acid groups (broad SMARTS) is 1. The number of nitriles is 1. The molecule has 3 aromatic carbocycles. The fraction of sp³-hybridized carbons (Fsp3) is 0.212. The zero-order valence-electron chi connectivity index (χ0n) is 23.2. The molecule has 0 saturated carbocycles. The van der Waals surface area contributed by atoms with Crippen LogP contribution in [0.3, 0.4) is 0 Å². The first-order valence-corrected chi connectivity index (χ1v) is 13.9. The zero-order valence-corrected chi connectivity index (χ0v) is 23.2. The van der Waals surface area contributed by atoms with Crippen LogP contribution >= 0.6 is 0 Å². The Labute approximate surface area is 249 Å². The largest absolute Gasteiger partial charge is 0.478 e. The summed E-state index contributed by atoms with van der Waals surface area (Å²) in [4.78, 5) is 20.4. The van der Waals surface area contributed by atoms with Gasteiger partial charge in [-0.15, -0.1) is 0 Å². The number of aromatic carboxylic acids is 1. The summed E-state index contributed by atoms with van der Waals surface area (Å²) in [5, 5.41) is 18.4. The van der Waals surface area contributed by atoms with Gasteiger partial charge in [0, 0.05) is 29.8 Å². The molecule has 0 aliphatic carbocycles. The summed E-state index contributed by atoms with van der Waals surface area (Å²) < 4.78 is 68.0. The highest BCUT2D eigenvalue weighted by Crippen LogP contribution is 2.31. The Kier molecular flexibility index (Phi) is 7.84. The molecule has 0 spiro atoms. The van der Waals surface area contributed by atoms with Gasteiger partial charge in [-0.05, 0) is 73.4 Å². The number of nitrogens with zero attached hydrogens (tertiary/aromatic N) is 4. The first kappa shape index (κ1) is 29.0. The number of ether oxygens (including phenoxy) is 1. The molecule has 2 aromatic heterocycles. The lowest BCUT2D eigenvalue weighted by molar-refractivity contribution is -0.0589. The third kappa shape index (κ3) is 5.64. The molecule has 0 radical (unpaired) electrons. The van der Waals surface area contributed by atoms with Gasteiger partial charge in [0.1, 0.15) is 17.5 Å². The van der Waals surface area contributed by atoms with Gasteiger partial charge in [-0.25, -0.2) is 27.3 Å². The van der Waals surface area contributed by atoms with Crippen LogP contribution in [0.15, 0.2) is 60.7 Å². The molecule has 0 unspecified atom stereocenters. The fourth-order valence-electron chi connectivity index (χ4n) is 5.27. The van der Waals surface area contributed by atoms with Crippen LogP contribution in [-0.2, 0) is 30.5 Å². The fourth-order valence-corrected chi connectivity index (χ4v) is 5.27. The number of aryl methyl sites for hydroxylation is 2. The molecule has 7 nitrogen and oxygen atoms in total. The van der Waals surface area contributed by atoms with E-state index in [0.717, 1.165) is 18.6 Å². The monoisotopic (exact) mass is 600 g/mol. The van der Waals surface area contributed by atoms with Crippen molar-refractivity contribution in [2.45, 2.75) is 38.3 Å². The normalized spacial score (nSPS) is 14.4. The van der Waals surface area contributed by atoms with Gasteiger partial charge in [-0.2, -0.15) is 5.26 Å². The molecule has 0 bridgehead atoms. The van der Waals surface area contributed by atoms with E-state index in [2.05, 4.69) is 9.97 Å². The number of carbonyl (C=O) groups is 1. The predicted octanol–water partition coefficient (Wildman–Crippen LogP) is 6.39. The summed E-state index contributed by atoms with van der Waals surface area (Å²) in [7, 11) is 0. The minimum Gasteiger partial charge on any atom is -0.478 e. The van der Waals surface area contributed by atoms with Gasteiger partial charge < -0.3 is 14.4 Å². The molecule has 1 aliphatic rings. The van der Waals surface area contributed by atoms with E-state index in [1.54, 1.807) is 16.7 Å². The summed E-state index contributed by atoms with van der Waals surface area (Å²) in [6, 6.07) is 15.9. The third-order valence-electron chi connectivity index (χ3n) is 7.76. The number of rotatable bonds is 9. The summed E-state index contributed by atoms with van der Waals surface area (Å²) in [6.45, 7) is 0.867. The smallest absolute Gasteiger partial charge is 0.335 e. The quantitative estimate of drug-likeness (QED) is 0.156. The number of carboxylic acids is 1. The molecular formula is C33H24F4N4O3. The summed E-state index contributed by atoms with van der Waals surface area (Å²) in [5.41, 5.74) is 1.09. The Balaban J connectivity index is 1.29. The molecule has 1 aliphatic heterocycles. The number of fused-ring (bicyclic) bond motifs is 1. The van der Waals surface area contributed by atoms with Crippen molar-refractivity contribution >= 4 is 17.0 Å². The van der Waals surface area contributed by atoms with E-state index in [1.807, 2.05) is 6.07 Å². The van der Waals surface area contributed by atoms with Crippen LogP contribution in [0.1, 0.15) is 45.0 Å². The number of hydrogen-bond donors (Lipinski definition) is 1. The number of imidazole rings is 1. The van der Waals surface area contributed by atoms with E-state index < -0.39 is 34.8 Å². The Hall–Kier alpha value is -5.08. The number of pyridine rings is 1. The molecule has 1 fully saturated rings. The highest BCUT2D eigenvalue weighted by Gasteiger charge is 2.26. The maximum atomic E-state index is 15.5. The standard InChI is InChI=1S/C33H24F4N4O3/c34-25-12-18(16-38)4-5-19(25)6-8-21-2-1-3-27(39-21)24-14-26(35)23(31(36)32(24)37)15-30-40-28-9-7-20(33(42)43)13-29(28)41(30)17-22-10-11-44-22/h1-5,7,9,12-14,22H,6,8,10-11,15,17H2,(H,42,43)/t22-/m0/s1. The lowest BCUT2D eigenvalue weighted by Crippen LogP contribution is -2.31. The number of benzene rings is 3. The Morgan fingerprint density at radius 1 is 1.00 bits per heavy atom. The molecule has 1 saturated heterocycles. The zero-order chi connectivity index (χ0) is 31.0. The van der Waals surface area contributed by atoms with Crippen molar-refractivity contribution in [2.24, 2.45) is 0 Å². The third-order valence-corrected chi connectivity index (χ3v) is 7.76. The highest BCUT2D eigenvalue weighted by atomic mass is 19.2. The minimum atomic E-state index is -1.38. The average Bonchev–Trinajstić information content (AvgIpc) is 3.34. The minimum absolute atomic E-state index is 0.0141. The van der Waals surface area contributed by atoms with E-state index in [-0.39, 0.29) is 53.6 Å². The van der Waals surface area contributed by atoms with Gasteiger partial charge >= 0.3 is 5.97 Å². The van der Waals surface area contributed by atoms with Crippen LogP contribution in [-0.4, -0.2) is 38.3 Å². The van der Waals surface area contributed by atoms with Crippen molar-refractivity contribution < 1.29 is 32.2 Å². The molecule has 222 valence electrons. The molecule has 1 atom stereocenters. The summed E-state index contributed by atoms with van der Waals surface area (Å²) in [5.74, 6) is -5.07. The predicted molar refractivity (Wildman–Crippen MR) is 152 cm³/mol. The Morgan fingerprint density at radius 2 is 1.82 bits per heavy atom. The molecule has 1 N–H and O–H groups in total. The van der Waals surface area contributed by atoms with Gasteiger partial charge in [0.2, 0.25) is 0 Å². The average molecular weight is 601 g/mol. The Morgan fingerprint density at radius 3 is 2.52 bits per heavy atom. The SMILES string of the molecule is N#Cc1ccc(CCc2cccc(-c3cc(F)c(Cc4nc5ccc(C(=O)O)cc5n4C[C@@H]4CCO4)c(F)c3F)n2)c(F)c1. The van der Waals surface area contributed by atoms with Crippen molar-refractivity contribution in [3.05, 3.63) is 118 Å². The maximum Gasteiger partial charge on any atom is 0.335 e. The van der Waals surface area contributed by atoms with Crippen LogP contribution in [0, 0.1) is 34.6 Å². The van der Waals surface area contributed by atoms with Crippen molar-refractivity contribution in [1.29, 1.82) is 5.26 Å². The van der Waals surface area contributed by atoms with Gasteiger partial charge in [0.25, 0.3) is 0 Å². The van der Waals surface area contributed by atoms with E-state index in [1.165, 1.54) is 36.4 Å². The number of aromatic nitrogens is 3. The van der Waals surface area contributed by atoms with Crippen molar-refractivity contribution in [1.82, 2.24) is 14.5 Å². The van der Waals surface area contributed by atoms with Crippen LogP contribution < -0.4 is 0 Å². The number of hydrogen-bond acceptors (Lipinski definition) is 5. The van der Waals surface area contributed by atoms with E-state index in [9.17, 15) is 14.3 Å². The van der Waals surface area contributed by atoms with Crippen molar-refractivity contribution in [3.8, 4) is 17.3 Å². The second-order valence-corrected chi connectivity index (χ2v) is 10.6. The highest BCUT2D eigenvalue weighted by molar-refractivity contribution is 5.92. The van der Waals surface area contributed by atoms with Crippen molar-refractivity contribution in [2.75, 3.05) is 6.61 Å². The first-order chi connectivity index (χ1) is 21.2. The summed E-state index contributed by atoms with van der Waals surface area (Å²) >= 11 is 0. The van der Waals surface area contributed by atoms with Crippen LogP contribution in [0.25, 0.3) is 22.3 Å². The second-order valence-electron chi connectivity index (χ2n) is 10.6. The Bertz CT molecular complexity index is 1960. The first-order valence-electron chi connectivity index (χ1n) is 13.9. The van der Waals surface area contributed by atoms with Crippen LogP contribution in [0.2, 0.25) is 0 Å². The molecule has 6 rings (SSSR count). The van der Waals surface area contributed by atoms with E-state index in [0.29, 0.717) is 35.4 Å². The van der Waals surface area contributed by atoms with Gasteiger partial charge in [-0.3, -0.25) is 4.98 Å². The van der Waals surface area contributed by atoms with Gasteiger partial charge in [0.05, 0.1) is 46.6 Å². The lowest BCUT2D eigenvalue weighted by Gasteiger charge is -2.27. The molecular weight excluding hydrogens is 576 g/mol. The topological polar surface area (TPSA) is 101 Å². The lowest BCUT2D eigenvalue weighted by atomic mass is 10.0. The summed E-state index contributed by atoms with van der Waals surface area (Å²) in [6.07, 6.45) is 0.728. The van der Waals surface area contributed by atoms with E-state index in [4.69, 9.17) is 10.00 Å². The van der Waals surface area contributed by atoms with Crippen LogP contribution in [0.4, 0.5) is 17.6 Å². The second kappa shape index (κ2) is 11.9. The molecule has 44 heavy (non-hydrogen) atoms. The van der Waals surface area contributed by atoms with Gasteiger partial charge in [-0.1, -0.05) is 12.1 Å². The molecule has 5 aromatic rings. The van der Waals surface area contributed by atoms with E-state index >= 15 is 13.2 Å². The maximum absolute atomic E-state index is 15.5. The molecule has 3 heterocycles. The molecule has 0 amide bonds. The molecule has 11 heteroatoms.